The second kappa shape index (κ2) is 5.67. The summed E-state index contributed by atoms with van der Waals surface area (Å²) >= 11 is 0. The van der Waals surface area contributed by atoms with Crippen molar-refractivity contribution in [2.45, 2.75) is 33.0 Å². The smallest absolute Gasteiger partial charge is 0.263 e. The highest BCUT2D eigenvalue weighted by atomic mass is 16.2. The topological polar surface area (TPSA) is 47.9 Å². The first-order chi connectivity index (χ1) is 11.7. The second-order valence-electron chi connectivity index (χ2n) is 6.18. The van der Waals surface area contributed by atoms with Gasteiger partial charge in [-0.25, -0.2) is 0 Å². The van der Waals surface area contributed by atoms with Gasteiger partial charge in [-0.15, -0.1) is 0 Å². The standard InChI is InChI=1S/C19H20N4O/c1-3-7-17-20-21-19-22(14-9-6-8-13(2)12-14)18(24)15-10-4-5-11-16(15)23(17)19/h4-6,8-12,19,21H,3,7H2,1-2H3. The number of fused-ring (bicyclic) bond motifs is 3. The molecular weight excluding hydrogens is 300 g/mol. The van der Waals surface area contributed by atoms with Gasteiger partial charge in [0.25, 0.3) is 5.91 Å². The highest BCUT2D eigenvalue weighted by molar-refractivity contribution is 6.17. The van der Waals surface area contributed by atoms with Gasteiger partial charge in [0.2, 0.25) is 6.29 Å². The molecule has 0 saturated carbocycles. The molecule has 2 heterocycles. The Kier molecular flexibility index (Phi) is 3.49. The van der Waals surface area contributed by atoms with Gasteiger partial charge in [0.1, 0.15) is 5.84 Å². The van der Waals surface area contributed by atoms with E-state index in [4.69, 9.17) is 0 Å². The molecule has 1 N–H and O–H groups in total. The summed E-state index contributed by atoms with van der Waals surface area (Å²) in [5.74, 6) is 0.970. The second-order valence-corrected chi connectivity index (χ2v) is 6.18. The van der Waals surface area contributed by atoms with Crippen molar-refractivity contribution in [1.82, 2.24) is 5.43 Å². The minimum atomic E-state index is -0.309. The fraction of sp³-hybridized carbons (Fsp3) is 0.263. The molecule has 1 unspecified atom stereocenters. The fourth-order valence-electron chi connectivity index (χ4n) is 3.37. The van der Waals surface area contributed by atoms with E-state index in [1.807, 2.05) is 55.5 Å². The molecular formula is C19H20N4O. The molecule has 2 aromatic rings. The van der Waals surface area contributed by atoms with Crippen LogP contribution in [0.25, 0.3) is 0 Å². The van der Waals surface area contributed by atoms with Crippen molar-refractivity contribution in [3.05, 3.63) is 59.7 Å². The number of hydrogen-bond acceptors (Lipinski definition) is 4. The lowest BCUT2D eigenvalue weighted by Crippen LogP contribution is -2.59. The number of hydrogen-bond donors (Lipinski definition) is 1. The fourth-order valence-corrected chi connectivity index (χ4v) is 3.37. The Morgan fingerprint density at radius 2 is 1.96 bits per heavy atom. The van der Waals surface area contributed by atoms with Gasteiger partial charge in [0.15, 0.2) is 0 Å². The predicted molar refractivity (Wildman–Crippen MR) is 96.2 cm³/mol. The molecule has 1 atom stereocenters. The van der Waals surface area contributed by atoms with Crippen LogP contribution < -0.4 is 15.2 Å². The lowest BCUT2D eigenvalue weighted by atomic mass is 10.1. The van der Waals surface area contributed by atoms with Crippen molar-refractivity contribution in [2.24, 2.45) is 5.10 Å². The van der Waals surface area contributed by atoms with Crippen LogP contribution in [0, 0.1) is 6.92 Å². The third kappa shape index (κ3) is 2.16. The minimum Gasteiger partial charge on any atom is -0.287 e. The van der Waals surface area contributed by atoms with Crippen molar-refractivity contribution in [2.75, 3.05) is 9.80 Å². The molecule has 0 spiro atoms. The van der Waals surface area contributed by atoms with Crippen LogP contribution >= 0.6 is 0 Å². The normalized spacial score (nSPS) is 18.8. The van der Waals surface area contributed by atoms with E-state index < -0.39 is 0 Å². The number of carbonyl (C=O) groups excluding carboxylic acids is 1. The van der Waals surface area contributed by atoms with Crippen molar-refractivity contribution >= 4 is 23.1 Å². The van der Waals surface area contributed by atoms with Crippen LogP contribution in [0.1, 0.15) is 35.7 Å². The zero-order valence-corrected chi connectivity index (χ0v) is 13.9. The molecule has 0 bridgehead atoms. The molecule has 122 valence electrons. The van der Waals surface area contributed by atoms with E-state index >= 15 is 0 Å². The largest absolute Gasteiger partial charge is 0.287 e. The third-order valence-corrected chi connectivity index (χ3v) is 4.44. The summed E-state index contributed by atoms with van der Waals surface area (Å²) in [5.41, 5.74) is 6.79. The van der Waals surface area contributed by atoms with Crippen LogP contribution in [0.15, 0.2) is 53.6 Å². The Hall–Kier alpha value is -2.82. The average Bonchev–Trinajstić information content (AvgIpc) is 2.99. The quantitative estimate of drug-likeness (QED) is 0.942. The summed E-state index contributed by atoms with van der Waals surface area (Å²) in [4.78, 5) is 17.1. The lowest BCUT2D eigenvalue weighted by Gasteiger charge is -2.41. The molecule has 24 heavy (non-hydrogen) atoms. The van der Waals surface area contributed by atoms with Gasteiger partial charge in [0, 0.05) is 12.1 Å². The molecule has 0 radical (unpaired) electrons. The number of amides is 1. The Morgan fingerprint density at radius 1 is 1.12 bits per heavy atom. The molecule has 4 rings (SSSR count). The van der Waals surface area contributed by atoms with Gasteiger partial charge >= 0.3 is 0 Å². The van der Waals surface area contributed by atoms with E-state index in [1.54, 1.807) is 4.90 Å². The first-order valence-electron chi connectivity index (χ1n) is 8.31. The number of anilines is 2. The Bertz CT molecular complexity index is 830. The zero-order chi connectivity index (χ0) is 16.7. The van der Waals surface area contributed by atoms with Crippen molar-refractivity contribution in [3.8, 4) is 0 Å². The van der Waals surface area contributed by atoms with E-state index in [0.717, 1.165) is 35.6 Å². The van der Waals surface area contributed by atoms with Crippen LogP contribution in [0.4, 0.5) is 11.4 Å². The maximum absolute atomic E-state index is 13.1. The monoisotopic (exact) mass is 320 g/mol. The number of amidine groups is 1. The SMILES string of the molecule is CCCC1=NNC2N(c3cccc(C)c3)C(=O)c3ccccc3N12. The molecule has 2 aliphatic heterocycles. The van der Waals surface area contributed by atoms with E-state index in [1.165, 1.54) is 0 Å². The molecule has 0 fully saturated rings. The van der Waals surface area contributed by atoms with Crippen LogP contribution in [-0.2, 0) is 0 Å². The van der Waals surface area contributed by atoms with Crippen molar-refractivity contribution in [3.63, 3.8) is 0 Å². The molecule has 0 aliphatic carbocycles. The van der Waals surface area contributed by atoms with Gasteiger partial charge in [-0.05, 0) is 43.2 Å². The van der Waals surface area contributed by atoms with Gasteiger partial charge < -0.3 is 0 Å². The number of nitrogens with one attached hydrogen (secondary N) is 1. The summed E-state index contributed by atoms with van der Waals surface area (Å²) in [5, 5.41) is 4.50. The third-order valence-electron chi connectivity index (χ3n) is 4.44. The molecule has 5 nitrogen and oxygen atoms in total. The maximum atomic E-state index is 13.1. The van der Waals surface area contributed by atoms with Crippen molar-refractivity contribution in [1.29, 1.82) is 0 Å². The first kappa shape index (κ1) is 14.8. The number of aryl methyl sites for hydroxylation is 1. The molecule has 0 aromatic heterocycles. The number of hydrazone groups is 1. The summed E-state index contributed by atoms with van der Waals surface area (Å²) in [7, 11) is 0. The zero-order valence-electron chi connectivity index (χ0n) is 13.9. The summed E-state index contributed by atoms with van der Waals surface area (Å²) in [6.45, 7) is 4.17. The van der Waals surface area contributed by atoms with Gasteiger partial charge in [-0.2, -0.15) is 5.10 Å². The van der Waals surface area contributed by atoms with Gasteiger partial charge in [-0.1, -0.05) is 31.2 Å². The number of rotatable bonds is 3. The van der Waals surface area contributed by atoms with E-state index in [2.05, 4.69) is 22.4 Å². The minimum absolute atomic E-state index is 0.00195. The van der Waals surface area contributed by atoms with E-state index in [0.29, 0.717) is 5.56 Å². The van der Waals surface area contributed by atoms with Gasteiger partial charge in [-0.3, -0.25) is 20.0 Å². The van der Waals surface area contributed by atoms with Crippen molar-refractivity contribution < 1.29 is 4.79 Å². The van der Waals surface area contributed by atoms with Gasteiger partial charge in [0.05, 0.1) is 11.3 Å². The lowest BCUT2D eigenvalue weighted by molar-refractivity contribution is 0.0968. The first-order valence-corrected chi connectivity index (χ1v) is 8.31. The van der Waals surface area contributed by atoms with Crippen LogP contribution in [0.5, 0.6) is 0 Å². The summed E-state index contributed by atoms with van der Waals surface area (Å²) in [6, 6.07) is 15.8. The Balaban J connectivity index is 1.85. The van der Waals surface area contributed by atoms with Crippen LogP contribution in [0.3, 0.4) is 0 Å². The highest BCUT2D eigenvalue weighted by Gasteiger charge is 2.43. The number of benzene rings is 2. The molecule has 5 heteroatoms. The highest BCUT2D eigenvalue weighted by Crippen LogP contribution is 2.36. The number of para-hydroxylation sites is 1. The van der Waals surface area contributed by atoms with Crippen LogP contribution in [0.2, 0.25) is 0 Å². The maximum Gasteiger partial charge on any atom is 0.263 e. The summed E-state index contributed by atoms with van der Waals surface area (Å²) in [6.07, 6.45) is 1.56. The average molecular weight is 320 g/mol. The Labute approximate surface area is 141 Å². The summed E-state index contributed by atoms with van der Waals surface area (Å²) < 4.78 is 0. The number of nitrogens with zero attached hydrogens (tertiary/aromatic N) is 3. The predicted octanol–water partition coefficient (Wildman–Crippen LogP) is 3.46. The number of carbonyl (C=O) groups is 1. The Morgan fingerprint density at radius 3 is 2.75 bits per heavy atom. The molecule has 2 aromatic carbocycles. The van der Waals surface area contributed by atoms with E-state index in [-0.39, 0.29) is 12.2 Å². The molecule has 1 amide bonds. The molecule has 2 aliphatic rings. The molecule has 0 saturated heterocycles. The van der Waals surface area contributed by atoms with Crippen LogP contribution in [-0.4, -0.2) is 18.0 Å². The van der Waals surface area contributed by atoms with E-state index in [9.17, 15) is 4.79 Å².